The summed E-state index contributed by atoms with van der Waals surface area (Å²) in [6.07, 6.45) is 1.52. The van der Waals surface area contributed by atoms with E-state index in [1.165, 1.54) is 6.33 Å². The number of benzene rings is 2. The minimum Gasteiger partial charge on any atom is -0.492 e. The van der Waals surface area contributed by atoms with E-state index >= 15 is 0 Å². The van der Waals surface area contributed by atoms with Crippen LogP contribution >= 0.6 is 0 Å². The fourth-order valence-corrected chi connectivity index (χ4v) is 3.15. The largest absolute Gasteiger partial charge is 0.492 e. The van der Waals surface area contributed by atoms with Gasteiger partial charge in [-0.3, -0.25) is 4.90 Å². The van der Waals surface area contributed by atoms with Gasteiger partial charge in [-0.1, -0.05) is 18.2 Å². The molecule has 0 atom stereocenters. The smallest absolute Gasteiger partial charge is 0.230 e. The highest BCUT2D eigenvalue weighted by molar-refractivity contribution is 5.84. The summed E-state index contributed by atoms with van der Waals surface area (Å²) in [5.74, 6) is 2.13. The standard InChI is InChI=1S/C21H24N4O2/c1-24-9-11-25(12-10-24)13-14-26-18-7-8-19-20(15-18)22-16-23-21(19)27-17-5-3-2-4-6-17/h2-8,15-16H,9-14H2,1H3. The molecule has 4 rings (SSSR count). The SMILES string of the molecule is CN1CCN(CCOc2ccc3c(Oc4ccccc4)ncnc3c2)CC1. The van der Waals surface area contributed by atoms with E-state index in [2.05, 4.69) is 26.8 Å². The summed E-state index contributed by atoms with van der Waals surface area (Å²) in [6.45, 7) is 6.07. The molecule has 140 valence electrons. The van der Waals surface area contributed by atoms with Crippen LogP contribution in [0.1, 0.15) is 0 Å². The average molecular weight is 364 g/mol. The molecule has 0 radical (unpaired) electrons. The molecule has 27 heavy (non-hydrogen) atoms. The Bertz CT molecular complexity index is 880. The number of piperazine rings is 1. The highest BCUT2D eigenvalue weighted by atomic mass is 16.5. The van der Waals surface area contributed by atoms with Crippen molar-refractivity contribution in [3.8, 4) is 17.4 Å². The quantitative estimate of drug-likeness (QED) is 0.670. The molecule has 1 aliphatic rings. The van der Waals surface area contributed by atoms with E-state index in [4.69, 9.17) is 9.47 Å². The molecule has 1 fully saturated rings. The van der Waals surface area contributed by atoms with E-state index in [-0.39, 0.29) is 0 Å². The van der Waals surface area contributed by atoms with Crippen LogP contribution in [0.2, 0.25) is 0 Å². The molecule has 1 aromatic heterocycles. The van der Waals surface area contributed by atoms with Gasteiger partial charge >= 0.3 is 0 Å². The Kier molecular flexibility index (Phi) is 5.46. The third kappa shape index (κ3) is 4.53. The van der Waals surface area contributed by atoms with Gasteiger partial charge < -0.3 is 14.4 Å². The molecule has 0 amide bonds. The first-order valence-corrected chi connectivity index (χ1v) is 9.29. The average Bonchev–Trinajstić information content (AvgIpc) is 2.70. The number of ether oxygens (including phenoxy) is 2. The van der Waals surface area contributed by atoms with Crippen molar-refractivity contribution in [3.63, 3.8) is 0 Å². The second-order valence-electron chi connectivity index (χ2n) is 6.77. The number of likely N-dealkylation sites (N-methyl/N-ethyl adjacent to an activating group) is 1. The van der Waals surface area contributed by atoms with Crippen LogP contribution in [0.3, 0.4) is 0 Å². The lowest BCUT2D eigenvalue weighted by Crippen LogP contribution is -2.45. The molecule has 1 aliphatic heterocycles. The summed E-state index contributed by atoms with van der Waals surface area (Å²) in [6, 6.07) is 15.5. The monoisotopic (exact) mass is 364 g/mol. The van der Waals surface area contributed by atoms with Crippen molar-refractivity contribution in [3.05, 3.63) is 54.9 Å². The zero-order chi connectivity index (χ0) is 18.5. The van der Waals surface area contributed by atoms with Crippen LogP contribution in [-0.2, 0) is 0 Å². The van der Waals surface area contributed by atoms with Gasteiger partial charge in [0.05, 0.1) is 10.9 Å². The van der Waals surface area contributed by atoms with Crippen LogP contribution in [0.4, 0.5) is 0 Å². The summed E-state index contributed by atoms with van der Waals surface area (Å²) in [5.41, 5.74) is 0.813. The molecule has 0 aliphatic carbocycles. The zero-order valence-corrected chi connectivity index (χ0v) is 15.5. The highest BCUT2D eigenvalue weighted by Crippen LogP contribution is 2.28. The molecular formula is C21H24N4O2. The van der Waals surface area contributed by atoms with E-state index in [9.17, 15) is 0 Å². The number of rotatable bonds is 6. The fourth-order valence-electron chi connectivity index (χ4n) is 3.15. The third-order valence-corrected chi connectivity index (χ3v) is 4.80. The first-order valence-electron chi connectivity index (χ1n) is 9.29. The summed E-state index contributed by atoms with van der Waals surface area (Å²) < 4.78 is 11.8. The van der Waals surface area contributed by atoms with Crippen LogP contribution in [0.5, 0.6) is 17.4 Å². The molecule has 2 aromatic carbocycles. The van der Waals surface area contributed by atoms with E-state index in [0.717, 1.165) is 55.1 Å². The second kappa shape index (κ2) is 8.33. The van der Waals surface area contributed by atoms with Gasteiger partial charge in [0.1, 0.15) is 24.4 Å². The minimum absolute atomic E-state index is 0.551. The number of aromatic nitrogens is 2. The van der Waals surface area contributed by atoms with Crippen molar-refractivity contribution in [1.82, 2.24) is 19.8 Å². The van der Waals surface area contributed by atoms with Crippen molar-refractivity contribution in [1.29, 1.82) is 0 Å². The number of para-hydroxylation sites is 1. The van der Waals surface area contributed by atoms with Crippen LogP contribution in [0, 0.1) is 0 Å². The minimum atomic E-state index is 0.551. The van der Waals surface area contributed by atoms with Crippen molar-refractivity contribution in [2.45, 2.75) is 0 Å². The first-order chi connectivity index (χ1) is 13.3. The third-order valence-electron chi connectivity index (χ3n) is 4.80. The molecule has 0 spiro atoms. The number of fused-ring (bicyclic) bond motifs is 1. The summed E-state index contributed by atoms with van der Waals surface area (Å²) in [4.78, 5) is 13.4. The lowest BCUT2D eigenvalue weighted by atomic mass is 10.2. The van der Waals surface area contributed by atoms with Crippen LogP contribution < -0.4 is 9.47 Å². The fraction of sp³-hybridized carbons (Fsp3) is 0.333. The molecule has 3 aromatic rings. The Balaban J connectivity index is 1.40. The van der Waals surface area contributed by atoms with Gasteiger partial charge in [-0.2, -0.15) is 0 Å². The van der Waals surface area contributed by atoms with E-state index < -0.39 is 0 Å². The van der Waals surface area contributed by atoms with Gasteiger partial charge in [0.25, 0.3) is 0 Å². The maximum Gasteiger partial charge on any atom is 0.230 e. The summed E-state index contributed by atoms with van der Waals surface area (Å²) in [5, 5.41) is 0.868. The molecule has 0 bridgehead atoms. The van der Waals surface area contributed by atoms with Crippen molar-refractivity contribution < 1.29 is 9.47 Å². The topological polar surface area (TPSA) is 50.7 Å². The number of hydrogen-bond acceptors (Lipinski definition) is 6. The lowest BCUT2D eigenvalue weighted by molar-refractivity contribution is 0.134. The molecule has 0 N–H and O–H groups in total. The molecule has 0 unspecified atom stereocenters. The molecule has 6 heteroatoms. The number of nitrogens with zero attached hydrogens (tertiary/aromatic N) is 4. The Morgan fingerprint density at radius 2 is 1.74 bits per heavy atom. The van der Waals surface area contributed by atoms with Crippen molar-refractivity contribution >= 4 is 10.9 Å². The summed E-state index contributed by atoms with van der Waals surface area (Å²) >= 11 is 0. The maximum absolute atomic E-state index is 5.95. The van der Waals surface area contributed by atoms with Gasteiger partial charge in [-0.05, 0) is 31.3 Å². The zero-order valence-electron chi connectivity index (χ0n) is 15.5. The van der Waals surface area contributed by atoms with Crippen molar-refractivity contribution in [2.24, 2.45) is 0 Å². The van der Waals surface area contributed by atoms with Gasteiger partial charge in [0, 0.05) is 38.8 Å². The Labute approximate surface area is 159 Å². The van der Waals surface area contributed by atoms with Crippen LogP contribution in [-0.4, -0.2) is 66.1 Å². The van der Waals surface area contributed by atoms with Gasteiger partial charge in [-0.15, -0.1) is 0 Å². The van der Waals surface area contributed by atoms with Crippen molar-refractivity contribution in [2.75, 3.05) is 46.4 Å². The van der Waals surface area contributed by atoms with Gasteiger partial charge in [0.2, 0.25) is 5.88 Å². The normalized spacial score (nSPS) is 15.7. The highest BCUT2D eigenvalue weighted by Gasteiger charge is 2.13. The Morgan fingerprint density at radius 3 is 2.56 bits per heavy atom. The lowest BCUT2D eigenvalue weighted by Gasteiger charge is -2.32. The molecule has 1 saturated heterocycles. The summed E-state index contributed by atoms with van der Waals surface area (Å²) in [7, 11) is 2.17. The maximum atomic E-state index is 5.95. The van der Waals surface area contributed by atoms with E-state index in [0.29, 0.717) is 12.5 Å². The second-order valence-corrected chi connectivity index (χ2v) is 6.77. The van der Waals surface area contributed by atoms with Gasteiger partial charge in [0.15, 0.2) is 0 Å². The molecule has 2 heterocycles. The first kappa shape index (κ1) is 17.7. The molecule has 6 nitrogen and oxygen atoms in total. The molecule has 0 saturated carbocycles. The van der Waals surface area contributed by atoms with Crippen LogP contribution in [0.25, 0.3) is 10.9 Å². The number of hydrogen-bond donors (Lipinski definition) is 0. The van der Waals surface area contributed by atoms with E-state index in [1.54, 1.807) is 0 Å². The molecular weight excluding hydrogens is 340 g/mol. The van der Waals surface area contributed by atoms with Crippen LogP contribution in [0.15, 0.2) is 54.9 Å². The predicted octanol–water partition coefficient (Wildman–Crippen LogP) is 3.05. The predicted molar refractivity (Wildman–Crippen MR) is 105 cm³/mol. The Morgan fingerprint density at radius 1 is 0.926 bits per heavy atom. The Hall–Kier alpha value is -2.70. The van der Waals surface area contributed by atoms with Gasteiger partial charge in [-0.25, -0.2) is 9.97 Å². The van der Waals surface area contributed by atoms with E-state index in [1.807, 2.05) is 48.5 Å².